The Balaban J connectivity index is 1.97. The highest BCUT2D eigenvalue weighted by molar-refractivity contribution is 6.36. The second kappa shape index (κ2) is 9.95. The molecule has 3 rings (SSSR count). The lowest BCUT2D eigenvalue weighted by Gasteiger charge is -2.17. The number of methoxy groups -OCH3 is 1. The van der Waals surface area contributed by atoms with Gasteiger partial charge in [0.2, 0.25) is 0 Å². The lowest BCUT2D eigenvalue weighted by atomic mass is 10.00. The van der Waals surface area contributed by atoms with Gasteiger partial charge in [-0.25, -0.2) is 9.48 Å². The van der Waals surface area contributed by atoms with E-state index in [0.29, 0.717) is 15.8 Å². The number of amides is 1. The first-order valence-corrected chi connectivity index (χ1v) is 9.72. The number of Topliss-reactive ketones (excluding diaryl/α,β-unsaturated/α-hetero) is 1. The Bertz CT molecular complexity index is 1130. The molecular weight excluding hydrogens is 420 g/mol. The van der Waals surface area contributed by atoms with Crippen molar-refractivity contribution in [2.24, 2.45) is 0 Å². The van der Waals surface area contributed by atoms with Crippen molar-refractivity contribution in [2.45, 2.75) is 25.9 Å². The van der Waals surface area contributed by atoms with Crippen LogP contribution in [0.3, 0.4) is 0 Å². The van der Waals surface area contributed by atoms with Crippen LogP contribution >= 0.6 is 0 Å². The van der Waals surface area contributed by atoms with Crippen molar-refractivity contribution < 1.29 is 27.9 Å². The molecule has 0 fully saturated rings. The Morgan fingerprint density at radius 1 is 1.06 bits per heavy atom. The standard InChI is InChI=1S/C23H21F2N3O4/c1-14-8-6-7-11-16(14)19-17(13-28(27-19)23(24)25)21(30)26-18(20(29)22(31)32-2)12-15-9-4-3-5-10-15/h3-11,13,18,23H,12H2,1-2H3,(H,26,30). The van der Waals surface area contributed by atoms with E-state index in [4.69, 9.17) is 0 Å². The number of hydrogen-bond donors (Lipinski definition) is 1. The summed E-state index contributed by atoms with van der Waals surface area (Å²) in [5.41, 5.74) is 1.82. The fourth-order valence-corrected chi connectivity index (χ4v) is 3.23. The van der Waals surface area contributed by atoms with Gasteiger partial charge in [-0.15, -0.1) is 0 Å². The van der Waals surface area contributed by atoms with E-state index in [1.54, 1.807) is 61.5 Å². The Labute approximate surface area is 183 Å². The topological polar surface area (TPSA) is 90.3 Å². The van der Waals surface area contributed by atoms with Crippen molar-refractivity contribution in [3.63, 3.8) is 0 Å². The van der Waals surface area contributed by atoms with Crippen LogP contribution in [0.15, 0.2) is 60.8 Å². The number of aromatic nitrogens is 2. The molecule has 166 valence electrons. The van der Waals surface area contributed by atoms with Crippen LogP contribution in [0.25, 0.3) is 11.3 Å². The van der Waals surface area contributed by atoms with E-state index in [9.17, 15) is 23.2 Å². The van der Waals surface area contributed by atoms with Gasteiger partial charge in [0.05, 0.1) is 12.7 Å². The SMILES string of the molecule is COC(=O)C(=O)C(Cc1ccccc1)NC(=O)c1cn(C(F)F)nc1-c1ccccc1C. The summed E-state index contributed by atoms with van der Waals surface area (Å²) < 4.78 is 31.5. The number of rotatable bonds is 8. The molecule has 0 saturated heterocycles. The van der Waals surface area contributed by atoms with Crippen LogP contribution in [-0.2, 0) is 20.7 Å². The third-order valence-corrected chi connectivity index (χ3v) is 4.87. The van der Waals surface area contributed by atoms with Crippen molar-refractivity contribution in [1.29, 1.82) is 0 Å². The largest absolute Gasteiger partial charge is 0.463 e. The summed E-state index contributed by atoms with van der Waals surface area (Å²) in [5, 5.41) is 6.37. The number of esters is 1. The van der Waals surface area contributed by atoms with Crippen LogP contribution in [-0.4, -0.2) is 40.6 Å². The van der Waals surface area contributed by atoms with Crippen LogP contribution in [0.4, 0.5) is 8.78 Å². The van der Waals surface area contributed by atoms with Gasteiger partial charge in [0.25, 0.3) is 11.7 Å². The molecule has 0 spiro atoms. The van der Waals surface area contributed by atoms with Gasteiger partial charge in [-0.2, -0.15) is 13.9 Å². The van der Waals surface area contributed by atoms with E-state index in [1.807, 2.05) is 0 Å². The molecule has 1 aromatic heterocycles. The first-order valence-electron chi connectivity index (χ1n) is 9.72. The number of hydrogen-bond acceptors (Lipinski definition) is 5. The Morgan fingerprint density at radius 2 is 1.72 bits per heavy atom. The molecule has 1 unspecified atom stereocenters. The quantitative estimate of drug-likeness (QED) is 0.428. The number of carbonyl (C=O) groups excluding carboxylic acids is 3. The number of halogens is 2. The molecule has 0 aliphatic heterocycles. The van der Waals surface area contributed by atoms with Crippen LogP contribution in [0, 0.1) is 6.92 Å². The molecule has 9 heteroatoms. The number of ether oxygens (including phenoxy) is 1. The zero-order valence-corrected chi connectivity index (χ0v) is 17.4. The first kappa shape index (κ1) is 22.8. The molecule has 7 nitrogen and oxygen atoms in total. The molecule has 0 aliphatic rings. The van der Waals surface area contributed by atoms with Gasteiger partial charge in [-0.1, -0.05) is 54.6 Å². The van der Waals surface area contributed by atoms with Gasteiger partial charge in [0.15, 0.2) is 0 Å². The molecule has 2 aromatic carbocycles. The van der Waals surface area contributed by atoms with Crippen LogP contribution < -0.4 is 5.32 Å². The van der Waals surface area contributed by atoms with Crippen LogP contribution in [0.5, 0.6) is 0 Å². The van der Waals surface area contributed by atoms with Gasteiger partial charge < -0.3 is 10.1 Å². The number of benzene rings is 2. The molecule has 1 heterocycles. The minimum Gasteiger partial charge on any atom is -0.463 e. The summed E-state index contributed by atoms with van der Waals surface area (Å²) in [4.78, 5) is 37.5. The maximum Gasteiger partial charge on any atom is 0.376 e. The summed E-state index contributed by atoms with van der Waals surface area (Å²) in [6, 6.07) is 14.4. The predicted molar refractivity (Wildman–Crippen MR) is 112 cm³/mol. The molecule has 1 atom stereocenters. The Kier molecular flexibility index (Phi) is 7.09. The smallest absolute Gasteiger partial charge is 0.376 e. The molecule has 3 aromatic rings. The predicted octanol–water partition coefficient (Wildman–Crippen LogP) is 3.34. The zero-order valence-electron chi connectivity index (χ0n) is 17.4. The normalized spacial score (nSPS) is 11.8. The minimum atomic E-state index is -2.96. The third kappa shape index (κ3) is 5.05. The Hall–Kier alpha value is -3.88. The van der Waals surface area contributed by atoms with Gasteiger partial charge >= 0.3 is 12.5 Å². The molecule has 0 aliphatic carbocycles. The second-order valence-electron chi connectivity index (χ2n) is 7.04. The van der Waals surface area contributed by atoms with E-state index in [1.165, 1.54) is 0 Å². The highest BCUT2D eigenvalue weighted by Gasteiger charge is 2.30. The van der Waals surface area contributed by atoms with Gasteiger partial charge in [0.1, 0.15) is 11.7 Å². The zero-order chi connectivity index (χ0) is 23.3. The van der Waals surface area contributed by atoms with Crippen molar-refractivity contribution in [2.75, 3.05) is 7.11 Å². The minimum absolute atomic E-state index is 0.0171. The number of nitrogens with one attached hydrogen (secondary N) is 1. The Morgan fingerprint density at radius 3 is 2.34 bits per heavy atom. The monoisotopic (exact) mass is 441 g/mol. The van der Waals surface area contributed by atoms with E-state index in [0.717, 1.165) is 18.9 Å². The summed E-state index contributed by atoms with van der Waals surface area (Å²) in [7, 11) is 1.06. The molecule has 32 heavy (non-hydrogen) atoms. The maximum absolute atomic E-state index is 13.3. The molecule has 1 amide bonds. The average Bonchev–Trinajstić information content (AvgIpc) is 3.24. The number of carbonyl (C=O) groups is 3. The maximum atomic E-state index is 13.3. The average molecular weight is 441 g/mol. The van der Waals surface area contributed by atoms with E-state index in [-0.39, 0.29) is 17.7 Å². The van der Waals surface area contributed by atoms with Gasteiger partial charge in [-0.05, 0) is 18.1 Å². The fraction of sp³-hybridized carbons (Fsp3) is 0.217. The summed E-state index contributed by atoms with van der Waals surface area (Å²) in [6.45, 7) is -1.20. The third-order valence-electron chi connectivity index (χ3n) is 4.87. The van der Waals surface area contributed by atoms with Crippen molar-refractivity contribution in [1.82, 2.24) is 15.1 Å². The van der Waals surface area contributed by atoms with E-state index >= 15 is 0 Å². The lowest BCUT2D eigenvalue weighted by molar-refractivity contribution is -0.152. The first-order chi connectivity index (χ1) is 15.3. The highest BCUT2D eigenvalue weighted by atomic mass is 19.3. The van der Waals surface area contributed by atoms with Crippen LogP contribution in [0.2, 0.25) is 0 Å². The molecule has 0 bridgehead atoms. The number of alkyl halides is 2. The lowest BCUT2D eigenvalue weighted by Crippen LogP contribution is -2.45. The van der Waals surface area contributed by atoms with E-state index < -0.39 is 30.3 Å². The van der Waals surface area contributed by atoms with Crippen LogP contribution in [0.1, 0.15) is 28.0 Å². The summed E-state index contributed by atoms with van der Waals surface area (Å²) in [6.07, 6.45) is 0.938. The van der Waals surface area contributed by atoms with Crippen molar-refractivity contribution >= 4 is 17.7 Å². The van der Waals surface area contributed by atoms with Gasteiger partial charge in [-0.3, -0.25) is 9.59 Å². The van der Waals surface area contributed by atoms with Gasteiger partial charge in [0, 0.05) is 18.2 Å². The van der Waals surface area contributed by atoms with Crippen molar-refractivity contribution in [3.05, 3.63) is 77.5 Å². The fourth-order valence-electron chi connectivity index (χ4n) is 3.23. The van der Waals surface area contributed by atoms with E-state index in [2.05, 4.69) is 15.2 Å². The molecular formula is C23H21F2N3O4. The number of nitrogens with zero attached hydrogens (tertiary/aromatic N) is 2. The summed E-state index contributed by atoms with van der Waals surface area (Å²) >= 11 is 0. The summed E-state index contributed by atoms with van der Waals surface area (Å²) in [5.74, 6) is -2.88. The number of aryl methyl sites for hydroxylation is 1. The molecule has 0 saturated carbocycles. The molecule has 0 radical (unpaired) electrons. The number of ketones is 1. The van der Waals surface area contributed by atoms with Crippen molar-refractivity contribution in [3.8, 4) is 11.3 Å². The molecule has 1 N–H and O–H groups in total. The second-order valence-corrected chi connectivity index (χ2v) is 7.04. The highest BCUT2D eigenvalue weighted by Crippen LogP contribution is 2.27.